The molecule has 0 aliphatic rings. The summed E-state index contributed by atoms with van der Waals surface area (Å²) in [4.78, 5) is 0. The van der Waals surface area contributed by atoms with Gasteiger partial charge >= 0.3 is 0 Å². The van der Waals surface area contributed by atoms with Crippen molar-refractivity contribution in [3.8, 4) is 0 Å². The van der Waals surface area contributed by atoms with Gasteiger partial charge in [0.2, 0.25) is 0 Å². The molecule has 0 spiro atoms. The van der Waals surface area contributed by atoms with E-state index < -0.39 is 0 Å². The fourth-order valence-electron chi connectivity index (χ4n) is 2.03. The minimum absolute atomic E-state index is 0.589. The zero-order chi connectivity index (χ0) is 12.1. The van der Waals surface area contributed by atoms with E-state index in [-0.39, 0.29) is 0 Å². The van der Waals surface area contributed by atoms with Crippen LogP contribution >= 0.6 is 0 Å². The van der Waals surface area contributed by atoms with Gasteiger partial charge in [-0.05, 0) is 43.9 Å². The van der Waals surface area contributed by atoms with Crippen molar-refractivity contribution in [2.45, 2.75) is 53.0 Å². The second kappa shape index (κ2) is 6.05. The third-order valence-corrected chi connectivity index (χ3v) is 3.10. The molecule has 1 N–H and O–H groups in total. The average molecular weight is 219 g/mol. The van der Waals surface area contributed by atoms with Crippen LogP contribution in [0.15, 0.2) is 18.2 Å². The lowest BCUT2D eigenvalue weighted by Gasteiger charge is -2.16. The number of rotatable bonds is 5. The van der Waals surface area contributed by atoms with E-state index in [1.807, 2.05) is 0 Å². The Hall–Kier alpha value is -0.820. The van der Waals surface area contributed by atoms with Crippen molar-refractivity contribution >= 4 is 0 Å². The van der Waals surface area contributed by atoms with Gasteiger partial charge in [-0.2, -0.15) is 0 Å². The van der Waals surface area contributed by atoms with Crippen LogP contribution < -0.4 is 5.32 Å². The van der Waals surface area contributed by atoms with E-state index in [0.717, 1.165) is 6.54 Å². The Labute approximate surface area is 100 Å². The van der Waals surface area contributed by atoms with E-state index >= 15 is 0 Å². The number of nitrogens with one attached hydrogen (secondary N) is 1. The van der Waals surface area contributed by atoms with Crippen LogP contribution in [0.4, 0.5) is 0 Å². The zero-order valence-corrected chi connectivity index (χ0v) is 11.3. The summed E-state index contributed by atoms with van der Waals surface area (Å²) in [5.74, 6) is 0.645. The minimum Gasteiger partial charge on any atom is -0.315 e. The van der Waals surface area contributed by atoms with Crippen LogP contribution in [-0.4, -0.2) is 12.6 Å². The van der Waals surface area contributed by atoms with E-state index in [0.29, 0.717) is 12.0 Å². The lowest BCUT2D eigenvalue weighted by molar-refractivity contribution is 0.540. The van der Waals surface area contributed by atoms with Crippen LogP contribution in [0.1, 0.15) is 49.8 Å². The predicted octanol–water partition coefficient (Wildman–Crippen LogP) is 3.80. The molecule has 0 saturated heterocycles. The molecule has 0 saturated carbocycles. The molecule has 1 nitrogen and oxygen atoms in total. The molecule has 1 rings (SSSR count). The van der Waals surface area contributed by atoms with Gasteiger partial charge in [0.25, 0.3) is 0 Å². The molecule has 1 atom stereocenters. The maximum Gasteiger partial charge on any atom is 0.00103 e. The fourth-order valence-corrected chi connectivity index (χ4v) is 2.03. The van der Waals surface area contributed by atoms with Gasteiger partial charge in [0.05, 0.1) is 0 Å². The molecule has 1 heteroatoms. The van der Waals surface area contributed by atoms with Gasteiger partial charge < -0.3 is 5.32 Å². The first-order valence-corrected chi connectivity index (χ1v) is 6.31. The third kappa shape index (κ3) is 3.97. The van der Waals surface area contributed by atoms with Crippen LogP contribution in [0, 0.1) is 13.8 Å². The summed E-state index contributed by atoms with van der Waals surface area (Å²) >= 11 is 0. The quantitative estimate of drug-likeness (QED) is 0.794. The molecule has 0 amide bonds. The highest BCUT2D eigenvalue weighted by Gasteiger charge is 2.08. The molecule has 1 aromatic carbocycles. The summed E-state index contributed by atoms with van der Waals surface area (Å²) in [5, 5.41) is 3.48. The highest BCUT2D eigenvalue weighted by Crippen LogP contribution is 2.23. The van der Waals surface area contributed by atoms with E-state index in [1.54, 1.807) is 0 Å². The van der Waals surface area contributed by atoms with Crippen molar-refractivity contribution in [3.63, 3.8) is 0 Å². The first kappa shape index (κ1) is 13.2. The largest absolute Gasteiger partial charge is 0.315 e. The van der Waals surface area contributed by atoms with Crippen LogP contribution in [0.3, 0.4) is 0 Å². The standard InChI is InChI=1S/C15H25N/c1-11(2)16-9-8-14(5)15-10-12(3)6-7-13(15)4/h6-7,10-11,14,16H,8-9H2,1-5H3. The first-order chi connectivity index (χ1) is 7.50. The molecule has 0 radical (unpaired) electrons. The number of aryl methyl sites for hydroxylation is 2. The van der Waals surface area contributed by atoms with Crippen molar-refractivity contribution in [3.05, 3.63) is 34.9 Å². The summed E-state index contributed by atoms with van der Waals surface area (Å²) in [7, 11) is 0. The smallest absolute Gasteiger partial charge is 0.00103 e. The maximum absolute atomic E-state index is 3.48. The normalized spacial score (nSPS) is 13.1. The summed E-state index contributed by atoms with van der Waals surface area (Å²) in [6, 6.07) is 7.34. The highest BCUT2D eigenvalue weighted by molar-refractivity contribution is 5.32. The molecule has 90 valence electrons. The molecule has 0 aromatic heterocycles. The Bertz CT molecular complexity index is 328. The van der Waals surface area contributed by atoms with E-state index in [1.165, 1.54) is 23.1 Å². The molecule has 0 bridgehead atoms. The predicted molar refractivity (Wildman–Crippen MR) is 72.1 cm³/mol. The van der Waals surface area contributed by atoms with Crippen LogP contribution in [0.25, 0.3) is 0 Å². The van der Waals surface area contributed by atoms with Gasteiger partial charge in [0, 0.05) is 6.04 Å². The van der Waals surface area contributed by atoms with Gasteiger partial charge in [-0.15, -0.1) is 0 Å². The molecule has 1 aromatic rings. The molecular weight excluding hydrogens is 194 g/mol. The van der Waals surface area contributed by atoms with Crippen molar-refractivity contribution in [1.29, 1.82) is 0 Å². The van der Waals surface area contributed by atoms with E-state index in [2.05, 4.69) is 58.1 Å². The topological polar surface area (TPSA) is 12.0 Å². The van der Waals surface area contributed by atoms with Crippen LogP contribution in [0.2, 0.25) is 0 Å². The molecule has 0 aliphatic heterocycles. The summed E-state index contributed by atoms with van der Waals surface area (Å²) in [6.07, 6.45) is 1.21. The summed E-state index contributed by atoms with van der Waals surface area (Å²) in [5.41, 5.74) is 4.29. The lowest BCUT2D eigenvalue weighted by Crippen LogP contribution is -2.24. The molecule has 0 heterocycles. The van der Waals surface area contributed by atoms with Crippen LogP contribution in [-0.2, 0) is 0 Å². The van der Waals surface area contributed by atoms with Gasteiger partial charge in [0.1, 0.15) is 0 Å². The van der Waals surface area contributed by atoms with Crippen molar-refractivity contribution in [2.75, 3.05) is 6.54 Å². The maximum atomic E-state index is 3.48. The summed E-state index contributed by atoms with van der Waals surface area (Å²) < 4.78 is 0. The second-order valence-electron chi connectivity index (χ2n) is 5.16. The Balaban J connectivity index is 2.58. The van der Waals surface area contributed by atoms with Gasteiger partial charge in [0.15, 0.2) is 0 Å². The van der Waals surface area contributed by atoms with Crippen LogP contribution in [0.5, 0.6) is 0 Å². The number of benzene rings is 1. The van der Waals surface area contributed by atoms with Gasteiger partial charge in [-0.25, -0.2) is 0 Å². The third-order valence-electron chi connectivity index (χ3n) is 3.10. The Morgan fingerprint density at radius 3 is 2.44 bits per heavy atom. The fraction of sp³-hybridized carbons (Fsp3) is 0.600. The Kier molecular flexibility index (Phi) is 5.01. The summed E-state index contributed by atoms with van der Waals surface area (Å²) in [6.45, 7) is 12.2. The Morgan fingerprint density at radius 1 is 1.12 bits per heavy atom. The SMILES string of the molecule is Cc1ccc(C)c(C(C)CCNC(C)C)c1. The van der Waals surface area contributed by atoms with Crippen molar-refractivity contribution in [2.24, 2.45) is 0 Å². The average Bonchev–Trinajstić information content (AvgIpc) is 2.21. The van der Waals surface area contributed by atoms with Gasteiger partial charge in [-0.1, -0.05) is 44.5 Å². The monoisotopic (exact) mass is 219 g/mol. The number of hydrogen-bond acceptors (Lipinski definition) is 1. The molecule has 16 heavy (non-hydrogen) atoms. The second-order valence-corrected chi connectivity index (χ2v) is 5.16. The number of hydrogen-bond donors (Lipinski definition) is 1. The minimum atomic E-state index is 0.589. The highest BCUT2D eigenvalue weighted by atomic mass is 14.9. The molecule has 0 fully saturated rings. The molecule has 0 aliphatic carbocycles. The van der Waals surface area contributed by atoms with Crippen molar-refractivity contribution < 1.29 is 0 Å². The lowest BCUT2D eigenvalue weighted by atomic mass is 9.92. The van der Waals surface area contributed by atoms with Gasteiger partial charge in [-0.3, -0.25) is 0 Å². The molecule has 1 unspecified atom stereocenters. The van der Waals surface area contributed by atoms with E-state index in [4.69, 9.17) is 0 Å². The molecular formula is C15H25N. The van der Waals surface area contributed by atoms with Crippen molar-refractivity contribution in [1.82, 2.24) is 5.32 Å². The van der Waals surface area contributed by atoms with E-state index in [9.17, 15) is 0 Å². The Morgan fingerprint density at radius 2 is 1.81 bits per heavy atom. The first-order valence-electron chi connectivity index (χ1n) is 6.31. The zero-order valence-electron chi connectivity index (χ0n) is 11.3.